The second-order valence-electron chi connectivity index (χ2n) is 6.00. The zero-order valence-electron chi connectivity index (χ0n) is 13.8. The maximum Gasteiger partial charge on any atom is 0.238 e. The number of carbonyl (C=O) groups excluding carboxylic acids is 1. The van der Waals surface area contributed by atoms with E-state index in [0.29, 0.717) is 0 Å². The van der Waals surface area contributed by atoms with E-state index in [1.54, 1.807) is 6.20 Å². The van der Waals surface area contributed by atoms with Crippen molar-refractivity contribution in [1.29, 1.82) is 0 Å². The SMILES string of the molecule is C[C@H](C(=O)NCc1ccc(N2CCN(C)CC2)nc1)S(C)(=O)=O. The summed E-state index contributed by atoms with van der Waals surface area (Å²) >= 11 is 0. The minimum absolute atomic E-state index is 0.273. The van der Waals surface area contributed by atoms with Gasteiger partial charge in [0.2, 0.25) is 5.91 Å². The molecule has 1 aliphatic rings. The van der Waals surface area contributed by atoms with Gasteiger partial charge in [-0.2, -0.15) is 0 Å². The van der Waals surface area contributed by atoms with Crippen LogP contribution in [0.2, 0.25) is 0 Å². The summed E-state index contributed by atoms with van der Waals surface area (Å²) in [6.07, 6.45) is 2.78. The summed E-state index contributed by atoms with van der Waals surface area (Å²) in [5.74, 6) is 0.438. The largest absolute Gasteiger partial charge is 0.354 e. The van der Waals surface area contributed by atoms with E-state index in [1.807, 2.05) is 12.1 Å². The van der Waals surface area contributed by atoms with E-state index in [0.717, 1.165) is 43.8 Å². The molecule has 0 unspecified atom stereocenters. The number of pyridine rings is 1. The van der Waals surface area contributed by atoms with Crippen LogP contribution in [0.25, 0.3) is 0 Å². The van der Waals surface area contributed by atoms with Crippen molar-refractivity contribution in [2.24, 2.45) is 0 Å². The molecular formula is C15H24N4O3S. The molecule has 23 heavy (non-hydrogen) atoms. The van der Waals surface area contributed by atoms with E-state index >= 15 is 0 Å². The van der Waals surface area contributed by atoms with Gasteiger partial charge in [-0.25, -0.2) is 13.4 Å². The van der Waals surface area contributed by atoms with Gasteiger partial charge in [-0.1, -0.05) is 6.07 Å². The summed E-state index contributed by atoms with van der Waals surface area (Å²) in [6.45, 7) is 5.59. The number of carbonyl (C=O) groups is 1. The molecule has 0 radical (unpaired) electrons. The Balaban J connectivity index is 1.89. The third kappa shape index (κ3) is 4.90. The van der Waals surface area contributed by atoms with E-state index in [-0.39, 0.29) is 6.54 Å². The summed E-state index contributed by atoms with van der Waals surface area (Å²) in [5.41, 5.74) is 0.844. The number of likely N-dealkylation sites (N-methyl/N-ethyl adjacent to an activating group) is 1. The third-order valence-corrected chi connectivity index (χ3v) is 5.61. The maximum absolute atomic E-state index is 11.8. The predicted molar refractivity (Wildman–Crippen MR) is 90.1 cm³/mol. The number of hydrogen-bond acceptors (Lipinski definition) is 6. The first kappa shape index (κ1) is 17.7. The number of sulfone groups is 1. The molecule has 1 saturated heterocycles. The average molecular weight is 340 g/mol. The molecule has 1 aliphatic heterocycles. The molecule has 1 atom stereocenters. The van der Waals surface area contributed by atoms with Gasteiger partial charge in [0.15, 0.2) is 9.84 Å². The molecule has 0 saturated carbocycles. The summed E-state index contributed by atoms with van der Waals surface area (Å²) in [5, 5.41) is 1.59. The van der Waals surface area contributed by atoms with Crippen molar-refractivity contribution >= 4 is 21.6 Å². The highest BCUT2D eigenvalue weighted by Crippen LogP contribution is 2.13. The van der Waals surface area contributed by atoms with E-state index in [9.17, 15) is 13.2 Å². The first-order valence-electron chi connectivity index (χ1n) is 7.62. The number of nitrogens with zero attached hydrogens (tertiary/aromatic N) is 3. The van der Waals surface area contributed by atoms with Crippen LogP contribution in [0.5, 0.6) is 0 Å². The zero-order valence-corrected chi connectivity index (χ0v) is 14.6. The van der Waals surface area contributed by atoms with Gasteiger partial charge < -0.3 is 15.1 Å². The van der Waals surface area contributed by atoms with E-state index in [4.69, 9.17) is 0 Å². The Labute approximate surface area is 137 Å². The van der Waals surface area contributed by atoms with E-state index in [2.05, 4.69) is 27.1 Å². The highest BCUT2D eigenvalue weighted by atomic mass is 32.2. The molecule has 128 valence electrons. The molecule has 0 spiro atoms. The van der Waals surface area contributed by atoms with Gasteiger partial charge in [0.1, 0.15) is 11.1 Å². The fourth-order valence-electron chi connectivity index (χ4n) is 2.27. The molecule has 7 nitrogen and oxygen atoms in total. The van der Waals surface area contributed by atoms with E-state index < -0.39 is 21.0 Å². The fourth-order valence-corrected chi connectivity index (χ4v) is 2.74. The average Bonchev–Trinajstić information content (AvgIpc) is 2.52. The van der Waals surface area contributed by atoms with Crippen LogP contribution < -0.4 is 10.2 Å². The minimum atomic E-state index is -3.37. The molecule has 0 aliphatic carbocycles. The molecule has 1 aromatic heterocycles. The molecule has 8 heteroatoms. The second-order valence-corrected chi connectivity index (χ2v) is 8.37. The van der Waals surface area contributed by atoms with Gasteiger partial charge in [0.05, 0.1) is 0 Å². The Bertz CT molecular complexity index is 637. The van der Waals surface area contributed by atoms with Gasteiger partial charge >= 0.3 is 0 Å². The van der Waals surface area contributed by atoms with E-state index in [1.165, 1.54) is 6.92 Å². The standard InChI is InChI=1S/C15H24N4O3S/c1-12(23(3,21)22)15(20)17-11-13-4-5-14(16-10-13)19-8-6-18(2)7-9-19/h4-5,10,12H,6-9,11H2,1-3H3,(H,17,20)/t12-/m1/s1. The molecule has 2 rings (SSSR count). The lowest BCUT2D eigenvalue weighted by molar-refractivity contribution is -0.120. The van der Waals surface area contributed by atoms with Crippen LogP contribution in [0.15, 0.2) is 18.3 Å². The molecule has 2 heterocycles. The lowest BCUT2D eigenvalue weighted by Gasteiger charge is -2.33. The molecule has 0 aromatic carbocycles. The van der Waals surface area contributed by atoms with Crippen molar-refractivity contribution in [3.8, 4) is 0 Å². The zero-order chi connectivity index (χ0) is 17.0. The Hall–Kier alpha value is -1.67. The van der Waals surface area contributed by atoms with Crippen LogP contribution in [0.4, 0.5) is 5.82 Å². The lowest BCUT2D eigenvalue weighted by atomic mass is 10.2. The normalized spacial score (nSPS) is 17.8. The second kappa shape index (κ2) is 7.27. The third-order valence-electron chi connectivity index (χ3n) is 4.11. The summed E-state index contributed by atoms with van der Waals surface area (Å²) < 4.78 is 22.7. The number of aromatic nitrogens is 1. The summed E-state index contributed by atoms with van der Waals surface area (Å²) in [6, 6.07) is 3.85. The molecule has 1 fully saturated rings. The highest BCUT2D eigenvalue weighted by molar-refractivity contribution is 7.92. The number of rotatable bonds is 5. The van der Waals surface area contributed by atoms with Gasteiger partial charge in [0, 0.05) is 45.2 Å². The van der Waals surface area contributed by atoms with Crippen LogP contribution >= 0.6 is 0 Å². The molecule has 1 aromatic rings. The van der Waals surface area contributed by atoms with Crippen LogP contribution in [0, 0.1) is 0 Å². The quantitative estimate of drug-likeness (QED) is 0.805. The molecular weight excluding hydrogens is 316 g/mol. The first-order chi connectivity index (χ1) is 10.8. The van der Waals surface area contributed by atoms with Crippen molar-refractivity contribution < 1.29 is 13.2 Å². The molecule has 1 amide bonds. The predicted octanol–water partition coefficient (Wildman–Crippen LogP) is -0.117. The first-order valence-corrected chi connectivity index (χ1v) is 9.58. The monoisotopic (exact) mass is 340 g/mol. The van der Waals surface area contributed by atoms with Crippen molar-refractivity contribution in [3.05, 3.63) is 23.9 Å². The van der Waals surface area contributed by atoms with Gasteiger partial charge in [-0.3, -0.25) is 4.79 Å². The van der Waals surface area contributed by atoms with Crippen molar-refractivity contribution in [1.82, 2.24) is 15.2 Å². The minimum Gasteiger partial charge on any atom is -0.354 e. The number of piperazine rings is 1. The van der Waals surface area contributed by atoms with Crippen LogP contribution in [-0.2, 0) is 21.2 Å². The number of hydrogen-bond donors (Lipinski definition) is 1. The summed E-state index contributed by atoms with van der Waals surface area (Å²) in [7, 11) is -1.27. The van der Waals surface area contributed by atoms with Gasteiger partial charge in [-0.05, 0) is 25.6 Å². The number of nitrogens with one attached hydrogen (secondary N) is 1. The number of anilines is 1. The topological polar surface area (TPSA) is 82.6 Å². The highest BCUT2D eigenvalue weighted by Gasteiger charge is 2.23. The van der Waals surface area contributed by atoms with Crippen molar-refractivity contribution in [3.63, 3.8) is 0 Å². The summed E-state index contributed by atoms with van der Waals surface area (Å²) in [4.78, 5) is 20.7. The van der Waals surface area contributed by atoms with Crippen molar-refractivity contribution in [2.45, 2.75) is 18.7 Å². The Morgan fingerprint density at radius 3 is 2.48 bits per heavy atom. The van der Waals surface area contributed by atoms with Crippen molar-refractivity contribution in [2.75, 3.05) is 44.4 Å². The van der Waals surface area contributed by atoms with Gasteiger partial charge in [-0.15, -0.1) is 0 Å². The number of amides is 1. The molecule has 0 bridgehead atoms. The van der Waals surface area contributed by atoms with Gasteiger partial charge in [0.25, 0.3) is 0 Å². The Kier molecular flexibility index (Phi) is 5.59. The smallest absolute Gasteiger partial charge is 0.238 e. The fraction of sp³-hybridized carbons (Fsp3) is 0.600. The lowest BCUT2D eigenvalue weighted by Crippen LogP contribution is -2.44. The maximum atomic E-state index is 11.8. The Morgan fingerprint density at radius 2 is 1.96 bits per heavy atom. The van der Waals surface area contributed by atoms with Crippen LogP contribution in [0.3, 0.4) is 0 Å². The van der Waals surface area contributed by atoms with Crippen LogP contribution in [0.1, 0.15) is 12.5 Å². The van der Waals surface area contributed by atoms with Crippen LogP contribution in [-0.4, -0.2) is 68.9 Å². The molecule has 1 N–H and O–H groups in total. The Morgan fingerprint density at radius 1 is 1.30 bits per heavy atom.